The van der Waals surface area contributed by atoms with Crippen molar-refractivity contribution in [3.8, 4) is 0 Å². The molecule has 2 aromatic heterocycles. The first kappa shape index (κ1) is 15.9. The van der Waals surface area contributed by atoms with Crippen LogP contribution in [0.25, 0.3) is 0 Å². The standard InChI is InChI=1S/C15H21N5O2S/c1-2-20-7-5-16-13(20)12(11-3-8-22-9-4-11)18-14(21)19-15-17-6-10-23-15/h5-7,10-12H,2-4,8-9H2,1H3,(H2,17,18,19,21). The molecule has 1 atom stereocenters. The van der Waals surface area contributed by atoms with Gasteiger partial charge in [-0.1, -0.05) is 0 Å². The summed E-state index contributed by atoms with van der Waals surface area (Å²) < 4.78 is 7.52. The fraction of sp³-hybridized carbons (Fsp3) is 0.533. The van der Waals surface area contributed by atoms with Crippen molar-refractivity contribution in [1.82, 2.24) is 19.9 Å². The molecule has 3 rings (SSSR count). The fourth-order valence-electron chi connectivity index (χ4n) is 2.87. The Morgan fingerprint density at radius 1 is 1.43 bits per heavy atom. The lowest BCUT2D eigenvalue weighted by molar-refractivity contribution is 0.0536. The smallest absolute Gasteiger partial charge is 0.321 e. The summed E-state index contributed by atoms with van der Waals surface area (Å²) in [6.45, 7) is 4.35. The quantitative estimate of drug-likeness (QED) is 0.880. The van der Waals surface area contributed by atoms with Crippen LogP contribution in [0.15, 0.2) is 24.0 Å². The summed E-state index contributed by atoms with van der Waals surface area (Å²) in [7, 11) is 0. The molecule has 2 N–H and O–H groups in total. The Bertz CT molecular complexity index is 622. The molecule has 1 saturated heterocycles. The zero-order chi connectivity index (χ0) is 16.1. The van der Waals surface area contributed by atoms with Crippen LogP contribution in [-0.2, 0) is 11.3 Å². The second-order valence-corrected chi connectivity index (χ2v) is 6.33. The van der Waals surface area contributed by atoms with Gasteiger partial charge in [-0.25, -0.2) is 14.8 Å². The highest BCUT2D eigenvalue weighted by atomic mass is 32.1. The van der Waals surface area contributed by atoms with E-state index in [1.54, 1.807) is 12.4 Å². The maximum atomic E-state index is 12.3. The van der Waals surface area contributed by atoms with E-state index in [9.17, 15) is 4.79 Å². The predicted octanol–water partition coefficient (Wildman–Crippen LogP) is 2.65. The van der Waals surface area contributed by atoms with Crippen molar-refractivity contribution in [2.75, 3.05) is 18.5 Å². The molecule has 0 spiro atoms. The number of carbonyl (C=O) groups is 1. The Labute approximate surface area is 139 Å². The SMILES string of the molecule is CCn1ccnc1C(NC(=O)Nc1nccs1)C1CCOCC1. The third-order valence-electron chi connectivity index (χ3n) is 4.04. The van der Waals surface area contributed by atoms with Gasteiger partial charge >= 0.3 is 6.03 Å². The molecule has 124 valence electrons. The van der Waals surface area contributed by atoms with E-state index < -0.39 is 0 Å². The lowest BCUT2D eigenvalue weighted by Crippen LogP contribution is -2.39. The van der Waals surface area contributed by atoms with Gasteiger partial charge in [-0.2, -0.15) is 0 Å². The number of thiazole rings is 1. The van der Waals surface area contributed by atoms with Crippen LogP contribution >= 0.6 is 11.3 Å². The topological polar surface area (TPSA) is 81.1 Å². The Balaban J connectivity index is 1.75. The van der Waals surface area contributed by atoms with E-state index >= 15 is 0 Å². The molecule has 0 bridgehead atoms. The first-order valence-electron chi connectivity index (χ1n) is 7.83. The van der Waals surface area contributed by atoms with E-state index in [0.717, 1.165) is 38.4 Å². The first-order chi connectivity index (χ1) is 11.3. The number of ether oxygens (including phenoxy) is 1. The molecule has 0 radical (unpaired) electrons. The molecule has 3 heterocycles. The molecule has 2 amide bonds. The summed E-state index contributed by atoms with van der Waals surface area (Å²) in [6.07, 6.45) is 7.23. The number of rotatable bonds is 5. The highest BCUT2D eigenvalue weighted by Gasteiger charge is 2.30. The van der Waals surface area contributed by atoms with Crippen LogP contribution in [0.2, 0.25) is 0 Å². The van der Waals surface area contributed by atoms with Crippen LogP contribution in [-0.4, -0.2) is 33.8 Å². The molecule has 8 heteroatoms. The van der Waals surface area contributed by atoms with E-state index in [-0.39, 0.29) is 12.1 Å². The molecular formula is C15H21N5O2S. The first-order valence-corrected chi connectivity index (χ1v) is 8.71. The molecule has 1 aliphatic rings. The Morgan fingerprint density at radius 3 is 2.96 bits per heavy atom. The minimum Gasteiger partial charge on any atom is -0.381 e. The van der Waals surface area contributed by atoms with E-state index in [4.69, 9.17) is 4.74 Å². The van der Waals surface area contributed by atoms with Crippen molar-refractivity contribution in [2.45, 2.75) is 32.4 Å². The van der Waals surface area contributed by atoms with Gasteiger partial charge in [-0.3, -0.25) is 5.32 Å². The van der Waals surface area contributed by atoms with Gasteiger partial charge in [0.1, 0.15) is 5.82 Å². The maximum absolute atomic E-state index is 12.3. The zero-order valence-corrected chi connectivity index (χ0v) is 13.9. The van der Waals surface area contributed by atoms with Crippen molar-refractivity contribution in [3.63, 3.8) is 0 Å². The number of nitrogens with zero attached hydrogens (tertiary/aromatic N) is 3. The van der Waals surface area contributed by atoms with E-state index in [2.05, 4.69) is 32.1 Å². The fourth-order valence-corrected chi connectivity index (χ4v) is 3.39. The number of imidazole rings is 1. The molecule has 7 nitrogen and oxygen atoms in total. The van der Waals surface area contributed by atoms with E-state index in [0.29, 0.717) is 11.0 Å². The van der Waals surface area contributed by atoms with E-state index in [1.165, 1.54) is 11.3 Å². The van der Waals surface area contributed by atoms with Crippen molar-refractivity contribution in [2.24, 2.45) is 5.92 Å². The summed E-state index contributed by atoms with van der Waals surface area (Å²) in [5.41, 5.74) is 0. The second kappa shape index (κ2) is 7.56. The number of hydrogen-bond acceptors (Lipinski definition) is 5. The second-order valence-electron chi connectivity index (χ2n) is 5.43. The number of urea groups is 1. The van der Waals surface area contributed by atoms with Crippen LogP contribution < -0.4 is 10.6 Å². The normalized spacial score (nSPS) is 16.9. The number of aromatic nitrogens is 3. The number of nitrogens with one attached hydrogen (secondary N) is 2. The molecule has 1 unspecified atom stereocenters. The summed E-state index contributed by atoms with van der Waals surface area (Å²) in [6, 6.07) is -0.379. The van der Waals surface area contributed by atoms with Crippen molar-refractivity contribution < 1.29 is 9.53 Å². The number of amides is 2. The Kier molecular flexibility index (Phi) is 5.24. The molecule has 0 aromatic carbocycles. The van der Waals surface area contributed by atoms with Crippen LogP contribution in [0.5, 0.6) is 0 Å². The number of anilines is 1. The van der Waals surface area contributed by atoms with Crippen LogP contribution in [0.1, 0.15) is 31.6 Å². The maximum Gasteiger partial charge on any atom is 0.321 e. The molecule has 0 saturated carbocycles. The van der Waals surface area contributed by atoms with Crippen molar-refractivity contribution in [1.29, 1.82) is 0 Å². The third-order valence-corrected chi connectivity index (χ3v) is 4.73. The van der Waals surface area contributed by atoms with Gasteiger partial charge in [0.25, 0.3) is 0 Å². The van der Waals surface area contributed by atoms with Crippen LogP contribution in [0.4, 0.5) is 9.93 Å². The molecular weight excluding hydrogens is 314 g/mol. The monoisotopic (exact) mass is 335 g/mol. The van der Waals surface area contributed by atoms with Gasteiger partial charge in [0.15, 0.2) is 5.13 Å². The van der Waals surface area contributed by atoms with Gasteiger partial charge < -0.3 is 14.6 Å². The number of carbonyl (C=O) groups excluding carboxylic acids is 1. The van der Waals surface area contributed by atoms with Gasteiger partial charge in [-0.15, -0.1) is 11.3 Å². The average Bonchev–Trinajstić information content (AvgIpc) is 3.24. The van der Waals surface area contributed by atoms with Gasteiger partial charge in [0.05, 0.1) is 6.04 Å². The van der Waals surface area contributed by atoms with Crippen LogP contribution in [0, 0.1) is 5.92 Å². The van der Waals surface area contributed by atoms with Crippen molar-refractivity contribution in [3.05, 3.63) is 29.8 Å². The minimum absolute atomic E-state index is 0.131. The molecule has 1 aliphatic heterocycles. The van der Waals surface area contributed by atoms with Crippen LogP contribution in [0.3, 0.4) is 0 Å². The number of aryl methyl sites for hydroxylation is 1. The largest absolute Gasteiger partial charge is 0.381 e. The molecule has 1 fully saturated rings. The van der Waals surface area contributed by atoms with Crippen molar-refractivity contribution >= 4 is 22.5 Å². The number of hydrogen-bond donors (Lipinski definition) is 2. The third kappa shape index (κ3) is 3.89. The van der Waals surface area contributed by atoms with Gasteiger partial charge in [0.2, 0.25) is 0 Å². The Hall–Kier alpha value is -1.93. The highest BCUT2D eigenvalue weighted by molar-refractivity contribution is 7.13. The summed E-state index contributed by atoms with van der Waals surface area (Å²) in [5.74, 6) is 1.21. The lowest BCUT2D eigenvalue weighted by Gasteiger charge is -2.30. The molecule has 0 aliphatic carbocycles. The minimum atomic E-state index is -0.248. The highest BCUT2D eigenvalue weighted by Crippen LogP contribution is 2.29. The average molecular weight is 335 g/mol. The van der Waals surface area contributed by atoms with Gasteiger partial charge in [0, 0.05) is 43.7 Å². The summed E-state index contributed by atoms with van der Waals surface area (Å²) in [4.78, 5) is 20.9. The summed E-state index contributed by atoms with van der Waals surface area (Å²) in [5, 5.41) is 8.28. The zero-order valence-electron chi connectivity index (χ0n) is 13.1. The lowest BCUT2D eigenvalue weighted by atomic mass is 9.91. The molecule has 2 aromatic rings. The molecule has 23 heavy (non-hydrogen) atoms. The predicted molar refractivity (Wildman–Crippen MR) is 88.5 cm³/mol. The summed E-state index contributed by atoms with van der Waals surface area (Å²) >= 11 is 1.40. The van der Waals surface area contributed by atoms with Gasteiger partial charge in [-0.05, 0) is 25.7 Å². The van der Waals surface area contributed by atoms with E-state index in [1.807, 2.05) is 11.6 Å². The Morgan fingerprint density at radius 2 is 2.26 bits per heavy atom.